The Hall–Kier alpha value is -3.73. The average Bonchev–Trinajstić information content (AvgIpc) is 3.19. The van der Waals surface area contributed by atoms with Gasteiger partial charge in [0.15, 0.2) is 17.6 Å². The Morgan fingerprint density at radius 2 is 1.87 bits per heavy atom. The maximum absolute atomic E-state index is 12.5. The van der Waals surface area contributed by atoms with Crippen LogP contribution < -0.4 is 25.8 Å². The summed E-state index contributed by atoms with van der Waals surface area (Å²) in [6.45, 7) is 1.45. The molecule has 0 radical (unpaired) electrons. The Bertz CT molecular complexity index is 1030. The van der Waals surface area contributed by atoms with Crippen molar-refractivity contribution < 1.29 is 33.4 Å². The molecule has 2 aromatic rings. The molecule has 0 unspecified atom stereocenters. The van der Waals surface area contributed by atoms with Gasteiger partial charge in [-0.05, 0) is 31.2 Å². The van der Waals surface area contributed by atoms with E-state index in [2.05, 4.69) is 5.32 Å². The topological polar surface area (TPSA) is 146 Å². The Morgan fingerprint density at radius 1 is 1.13 bits per heavy atom. The van der Waals surface area contributed by atoms with E-state index in [-0.39, 0.29) is 24.0 Å². The van der Waals surface area contributed by atoms with Crippen molar-refractivity contribution in [3.05, 3.63) is 48.0 Å². The average molecular weight is 445 g/mol. The minimum Gasteiger partial charge on any atom is -0.454 e. The number of esters is 1. The zero-order valence-electron chi connectivity index (χ0n) is 16.4. The molecule has 0 bridgehead atoms. The van der Waals surface area contributed by atoms with Crippen molar-refractivity contribution in [2.75, 3.05) is 17.9 Å². The molecule has 0 aliphatic carbocycles. The van der Waals surface area contributed by atoms with E-state index in [0.29, 0.717) is 22.1 Å². The molecule has 1 aliphatic rings. The van der Waals surface area contributed by atoms with E-state index in [1.807, 2.05) is 5.32 Å². The van der Waals surface area contributed by atoms with Crippen molar-refractivity contribution in [3.8, 4) is 11.5 Å². The van der Waals surface area contributed by atoms with E-state index >= 15 is 0 Å². The highest BCUT2D eigenvalue weighted by Crippen LogP contribution is 2.34. The molecule has 4 N–H and O–H groups in total. The molecule has 31 heavy (non-hydrogen) atoms. The molecule has 0 aromatic heterocycles. The van der Waals surface area contributed by atoms with Gasteiger partial charge < -0.3 is 25.3 Å². The van der Waals surface area contributed by atoms with Crippen molar-refractivity contribution >= 4 is 41.3 Å². The van der Waals surface area contributed by atoms with Crippen LogP contribution in [0.5, 0.6) is 11.5 Å². The number of carbonyl (C=O) groups is 4. The fourth-order valence-corrected chi connectivity index (χ4v) is 3.42. The zero-order valence-corrected chi connectivity index (χ0v) is 17.2. The van der Waals surface area contributed by atoms with Gasteiger partial charge in [-0.15, -0.1) is 11.8 Å². The molecule has 0 fully saturated rings. The molecular formula is C20H19N3O7S. The molecule has 162 valence electrons. The van der Waals surface area contributed by atoms with Gasteiger partial charge in [0.05, 0.1) is 11.3 Å². The maximum atomic E-state index is 12.5. The molecule has 2 aromatic carbocycles. The summed E-state index contributed by atoms with van der Waals surface area (Å²) in [6, 6.07) is 10.5. The van der Waals surface area contributed by atoms with Crippen LogP contribution in [0.3, 0.4) is 0 Å². The van der Waals surface area contributed by atoms with Crippen LogP contribution in [0.1, 0.15) is 17.3 Å². The number of nitrogens with one attached hydrogen (secondary N) is 2. The number of rotatable bonds is 7. The van der Waals surface area contributed by atoms with Crippen molar-refractivity contribution in [2.45, 2.75) is 17.9 Å². The SMILES string of the molecule is C[C@@H](OC(=O)c1ccccc1SCC(=O)Nc1ccc2c(c1)OCO2)C(=O)NC(N)=O. The minimum atomic E-state index is -1.23. The molecule has 3 rings (SSSR count). The van der Waals surface area contributed by atoms with Crippen LogP contribution in [0.2, 0.25) is 0 Å². The summed E-state index contributed by atoms with van der Waals surface area (Å²) in [5, 5.41) is 4.59. The Labute approximate surface area is 181 Å². The van der Waals surface area contributed by atoms with Gasteiger partial charge in [-0.3, -0.25) is 14.9 Å². The van der Waals surface area contributed by atoms with Crippen LogP contribution in [0.15, 0.2) is 47.4 Å². The molecular weight excluding hydrogens is 426 g/mol. The fraction of sp³-hybridized carbons (Fsp3) is 0.200. The van der Waals surface area contributed by atoms with E-state index in [1.54, 1.807) is 36.4 Å². The van der Waals surface area contributed by atoms with E-state index in [4.69, 9.17) is 19.9 Å². The number of anilines is 1. The smallest absolute Gasteiger partial charge is 0.340 e. The quantitative estimate of drug-likeness (QED) is 0.433. The van der Waals surface area contributed by atoms with Crippen molar-refractivity contribution in [2.24, 2.45) is 5.73 Å². The summed E-state index contributed by atoms with van der Waals surface area (Å²) in [4.78, 5) is 47.7. The number of benzene rings is 2. The zero-order chi connectivity index (χ0) is 22.4. The molecule has 0 saturated carbocycles. The molecule has 1 atom stereocenters. The van der Waals surface area contributed by atoms with Gasteiger partial charge in [0, 0.05) is 16.6 Å². The lowest BCUT2D eigenvalue weighted by Crippen LogP contribution is -2.42. The Kier molecular flexibility index (Phi) is 6.98. The van der Waals surface area contributed by atoms with Gasteiger partial charge in [-0.25, -0.2) is 9.59 Å². The third kappa shape index (κ3) is 5.89. The molecule has 11 heteroatoms. The first kappa shape index (κ1) is 22.0. The van der Waals surface area contributed by atoms with Gasteiger partial charge in [0.25, 0.3) is 5.91 Å². The minimum absolute atomic E-state index is 0.0243. The van der Waals surface area contributed by atoms with Crippen LogP contribution in [-0.4, -0.2) is 42.5 Å². The van der Waals surface area contributed by atoms with Crippen molar-refractivity contribution in [1.29, 1.82) is 0 Å². The first-order chi connectivity index (χ1) is 14.8. The summed E-state index contributed by atoms with van der Waals surface area (Å²) in [5.41, 5.74) is 5.62. The fourth-order valence-electron chi connectivity index (χ4n) is 2.58. The van der Waals surface area contributed by atoms with Crippen LogP contribution in [0.25, 0.3) is 0 Å². The van der Waals surface area contributed by atoms with Crippen LogP contribution >= 0.6 is 11.8 Å². The number of ether oxygens (including phenoxy) is 3. The maximum Gasteiger partial charge on any atom is 0.340 e. The van der Waals surface area contributed by atoms with Gasteiger partial charge in [0.2, 0.25) is 12.7 Å². The standard InChI is InChI=1S/C20H19N3O7S/c1-11(18(25)23-20(21)27)30-19(26)13-4-2-3-5-16(13)31-9-17(24)22-12-6-7-14-15(8-12)29-10-28-14/h2-8,11H,9-10H2,1H3,(H,22,24)(H3,21,23,25,27)/t11-/m1/s1. The van der Waals surface area contributed by atoms with E-state index in [1.165, 1.54) is 13.0 Å². The largest absolute Gasteiger partial charge is 0.454 e. The summed E-state index contributed by atoms with van der Waals surface area (Å²) in [7, 11) is 0. The normalized spacial score (nSPS) is 12.5. The number of hydrogen-bond donors (Lipinski definition) is 3. The Morgan fingerprint density at radius 3 is 2.65 bits per heavy atom. The summed E-state index contributed by atoms with van der Waals surface area (Å²) in [5.74, 6) is -0.718. The first-order valence-corrected chi connectivity index (χ1v) is 10.0. The molecule has 0 saturated heterocycles. The second kappa shape index (κ2) is 9.85. The third-order valence-corrected chi connectivity index (χ3v) is 5.10. The highest BCUT2D eigenvalue weighted by atomic mass is 32.2. The van der Waals surface area contributed by atoms with Crippen molar-refractivity contribution in [1.82, 2.24) is 5.32 Å². The third-order valence-electron chi connectivity index (χ3n) is 4.02. The molecule has 0 spiro atoms. The van der Waals surface area contributed by atoms with Crippen LogP contribution in [-0.2, 0) is 14.3 Å². The monoisotopic (exact) mass is 445 g/mol. The molecule has 1 heterocycles. The van der Waals surface area contributed by atoms with E-state index in [0.717, 1.165) is 11.8 Å². The number of primary amides is 1. The second-order valence-corrected chi connectivity index (χ2v) is 7.32. The highest BCUT2D eigenvalue weighted by molar-refractivity contribution is 8.00. The summed E-state index contributed by atoms with van der Waals surface area (Å²) < 4.78 is 15.6. The highest BCUT2D eigenvalue weighted by Gasteiger charge is 2.22. The van der Waals surface area contributed by atoms with Gasteiger partial charge in [0.1, 0.15) is 0 Å². The first-order valence-electron chi connectivity index (χ1n) is 9.06. The van der Waals surface area contributed by atoms with Gasteiger partial charge in [-0.1, -0.05) is 12.1 Å². The summed E-state index contributed by atoms with van der Waals surface area (Å²) in [6.07, 6.45) is -1.23. The van der Waals surface area contributed by atoms with E-state index in [9.17, 15) is 19.2 Å². The Balaban J connectivity index is 1.58. The van der Waals surface area contributed by atoms with Gasteiger partial charge >= 0.3 is 12.0 Å². The lowest BCUT2D eigenvalue weighted by Gasteiger charge is -2.14. The molecule has 4 amide bonds. The number of hydrogen-bond acceptors (Lipinski definition) is 8. The van der Waals surface area contributed by atoms with Crippen molar-refractivity contribution in [3.63, 3.8) is 0 Å². The summed E-state index contributed by atoms with van der Waals surface area (Å²) >= 11 is 1.13. The van der Waals surface area contributed by atoms with Crippen LogP contribution in [0.4, 0.5) is 10.5 Å². The number of urea groups is 1. The number of nitrogens with two attached hydrogens (primary N) is 1. The molecule has 10 nitrogen and oxygen atoms in total. The lowest BCUT2D eigenvalue weighted by molar-refractivity contribution is -0.127. The van der Waals surface area contributed by atoms with E-state index < -0.39 is 24.0 Å². The predicted molar refractivity (Wildman–Crippen MR) is 111 cm³/mol. The molecule has 1 aliphatic heterocycles. The van der Waals surface area contributed by atoms with Crippen LogP contribution in [0, 0.1) is 0 Å². The predicted octanol–water partition coefficient (Wildman–Crippen LogP) is 1.89. The van der Waals surface area contributed by atoms with Gasteiger partial charge in [-0.2, -0.15) is 0 Å². The second-order valence-electron chi connectivity index (χ2n) is 6.30. The number of amides is 4. The number of carbonyl (C=O) groups excluding carboxylic acids is 4. The number of thioether (sulfide) groups is 1. The number of fused-ring (bicyclic) bond motifs is 1. The number of imide groups is 1. The lowest BCUT2D eigenvalue weighted by atomic mass is 10.2.